The molecule has 0 radical (unpaired) electrons. The molecule has 1 aliphatic heterocycles. The molecule has 0 aliphatic carbocycles. The summed E-state index contributed by atoms with van der Waals surface area (Å²) in [6.07, 6.45) is 1.91. The molecule has 16 heavy (non-hydrogen) atoms. The van der Waals surface area contributed by atoms with Crippen LogP contribution in [0.15, 0.2) is 41.2 Å². The van der Waals surface area contributed by atoms with Gasteiger partial charge in [-0.1, -0.05) is 17.7 Å². The fourth-order valence-electron chi connectivity index (χ4n) is 1.51. The highest BCUT2D eigenvalue weighted by atomic mass is 35.5. The zero-order chi connectivity index (χ0) is 11.5. The lowest BCUT2D eigenvalue weighted by molar-refractivity contribution is -0.113. The average molecular weight is 235 g/mol. The largest absolute Gasteiger partial charge is 0.340 e. The third-order valence-corrected chi connectivity index (χ3v) is 2.37. The van der Waals surface area contributed by atoms with Crippen LogP contribution in [0.3, 0.4) is 0 Å². The third-order valence-electron chi connectivity index (χ3n) is 2.14. The number of nitrogens with one attached hydrogen (secondary N) is 1. The van der Waals surface area contributed by atoms with Gasteiger partial charge in [0.2, 0.25) is 0 Å². The maximum atomic E-state index is 11.3. The molecular formula is C12H11ClN2O. The number of carbonyl (C=O) groups is 1. The van der Waals surface area contributed by atoms with Crippen LogP contribution in [0.4, 0.5) is 5.69 Å². The maximum Gasteiger partial charge on any atom is 0.164 e. The van der Waals surface area contributed by atoms with Crippen LogP contribution in [0.5, 0.6) is 0 Å². The van der Waals surface area contributed by atoms with E-state index in [1.165, 1.54) is 6.08 Å². The van der Waals surface area contributed by atoms with E-state index in [9.17, 15) is 4.79 Å². The van der Waals surface area contributed by atoms with E-state index in [2.05, 4.69) is 10.3 Å². The Hall–Kier alpha value is -1.61. The topological polar surface area (TPSA) is 41.5 Å². The Kier molecular flexibility index (Phi) is 3.06. The molecule has 1 aromatic carbocycles. The first-order valence-electron chi connectivity index (χ1n) is 4.95. The standard InChI is InChI=1S/C12H11ClN2O/c1-8-5-11(16)7-12(14-8)15-10-4-2-3-9(13)6-10/h2-4,6-7,15H,5H2,1H3. The quantitative estimate of drug-likeness (QED) is 0.855. The van der Waals surface area contributed by atoms with Gasteiger partial charge in [-0.3, -0.25) is 4.79 Å². The molecule has 3 nitrogen and oxygen atoms in total. The summed E-state index contributed by atoms with van der Waals surface area (Å²) in [6.45, 7) is 1.84. The van der Waals surface area contributed by atoms with Crippen molar-refractivity contribution in [2.75, 3.05) is 5.32 Å². The van der Waals surface area contributed by atoms with Gasteiger partial charge in [-0.2, -0.15) is 0 Å². The van der Waals surface area contributed by atoms with Crippen LogP contribution < -0.4 is 5.32 Å². The van der Waals surface area contributed by atoms with Crippen LogP contribution in [0.1, 0.15) is 13.3 Å². The molecule has 0 fully saturated rings. The number of hydrogen-bond donors (Lipinski definition) is 1. The van der Waals surface area contributed by atoms with Crippen molar-refractivity contribution < 1.29 is 4.79 Å². The molecule has 0 saturated carbocycles. The Morgan fingerprint density at radius 1 is 1.44 bits per heavy atom. The van der Waals surface area contributed by atoms with Gasteiger partial charge in [-0.15, -0.1) is 0 Å². The van der Waals surface area contributed by atoms with Gasteiger partial charge in [0.05, 0.1) is 0 Å². The minimum atomic E-state index is 0.0667. The first-order valence-corrected chi connectivity index (χ1v) is 5.32. The lowest BCUT2D eigenvalue weighted by Gasteiger charge is -2.11. The second-order valence-electron chi connectivity index (χ2n) is 3.66. The maximum absolute atomic E-state index is 11.3. The monoisotopic (exact) mass is 234 g/mol. The Morgan fingerprint density at radius 2 is 2.25 bits per heavy atom. The number of ketones is 1. The fraction of sp³-hybridized carbons (Fsp3) is 0.167. The molecule has 1 N–H and O–H groups in total. The van der Waals surface area contributed by atoms with Gasteiger partial charge in [0.1, 0.15) is 5.82 Å². The molecule has 0 aromatic heterocycles. The van der Waals surface area contributed by atoms with Crippen molar-refractivity contribution >= 4 is 28.8 Å². The van der Waals surface area contributed by atoms with Gasteiger partial charge in [-0.05, 0) is 25.1 Å². The van der Waals surface area contributed by atoms with Crippen molar-refractivity contribution in [3.05, 3.63) is 41.2 Å². The van der Waals surface area contributed by atoms with Crippen molar-refractivity contribution in [3.8, 4) is 0 Å². The Bertz CT molecular complexity index is 492. The van der Waals surface area contributed by atoms with E-state index in [4.69, 9.17) is 11.6 Å². The van der Waals surface area contributed by atoms with Gasteiger partial charge in [-0.25, -0.2) is 4.99 Å². The van der Waals surface area contributed by atoms with E-state index >= 15 is 0 Å². The Balaban J connectivity index is 2.19. The van der Waals surface area contributed by atoms with E-state index in [0.29, 0.717) is 17.3 Å². The zero-order valence-corrected chi connectivity index (χ0v) is 9.58. The summed E-state index contributed by atoms with van der Waals surface area (Å²) in [6, 6.07) is 7.29. The molecule has 0 atom stereocenters. The van der Waals surface area contributed by atoms with E-state index in [1.807, 2.05) is 19.1 Å². The number of aliphatic imine (C=N–C) groups is 1. The highest BCUT2D eigenvalue weighted by Gasteiger charge is 2.10. The van der Waals surface area contributed by atoms with Crippen LogP contribution in [-0.2, 0) is 4.79 Å². The molecule has 4 heteroatoms. The minimum Gasteiger partial charge on any atom is -0.340 e. The van der Waals surface area contributed by atoms with Gasteiger partial charge in [0.25, 0.3) is 0 Å². The molecule has 1 heterocycles. The van der Waals surface area contributed by atoms with E-state index in [-0.39, 0.29) is 5.78 Å². The SMILES string of the molecule is CC1=NC(Nc2cccc(Cl)c2)=CC(=O)C1. The van der Waals surface area contributed by atoms with Crippen molar-refractivity contribution in [1.82, 2.24) is 0 Å². The fourth-order valence-corrected chi connectivity index (χ4v) is 1.70. The van der Waals surface area contributed by atoms with E-state index in [0.717, 1.165) is 11.4 Å². The summed E-state index contributed by atoms with van der Waals surface area (Å²) >= 11 is 5.86. The van der Waals surface area contributed by atoms with E-state index in [1.54, 1.807) is 12.1 Å². The van der Waals surface area contributed by atoms with Crippen LogP contribution in [0.25, 0.3) is 0 Å². The number of rotatable bonds is 2. The Morgan fingerprint density at radius 3 is 2.94 bits per heavy atom. The first-order chi connectivity index (χ1) is 7.63. The molecule has 1 aromatic rings. The van der Waals surface area contributed by atoms with Gasteiger partial charge >= 0.3 is 0 Å². The van der Waals surface area contributed by atoms with Crippen LogP contribution in [0, 0.1) is 0 Å². The zero-order valence-electron chi connectivity index (χ0n) is 8.83. The number of allylic oxidation sites excluding steroid dienone is 1. The summed E-state index contributed by atoms with van der Waals surface area (Å²) in [5, 5.41) is 3.70. The van der Waals surface area contributed by atoms with Crippen LogP contribution >= 0.6 is 11.6 Å². The Labute approximate surface area is 98.8 Å². The number of hydrogen-bond acceptors (Lipinski definition) is 3. The van der Waals surface area contributed by atoms with Crippen molar-refractivity contribution in [3.63, 3.8) is 0 Å². The molecule has 1 aliphatic rings. The number of benzene rings is 1. The predicted molar refractivity (Wildman–Crippen MR) is 65.9 cm³/mol. The molecule has 0 bridgehead atoms. The van der Waals surface area contributed by atoms with Crippen LogP contribution in [-0.4, -0.2) is 11.5 Å². The summed E-state index contributed by atoms with van der Waals surface area (Å²) in [5.41, 5.74) is 1.64. The average Bonchev–Trinajstić information content (AvgIpc) is 2.15. The highest BCUT2D eigenvalue weighted by molar-refractivity contribution is 6.30. The predicted octanol–water partition coefficient (Wildman–Crippen LogP) is 3.03. The first kappa shape index (κ1) is 10.9. The highest BCUT2D eigenvalue weighted by Crippen LogP contribution is 2.18. The lowest BCUT2D eigenvalue weighted by Crippen LogP contribution is -2.12. The molecule has 2 rings (SSSR count). The number of nitrogens with zero attached hydrogens (tertiary/aromatic N) is 1. The van der Waals surface area contributed by atoms with Crippen LogP contribution in [0.2, 0.25) is 5.02 Å². The lowest BCUT2D eigenvalue weighted by atomic mass is 10.1. The van der Waals surface area contributed by atoms with Gasteiger partial charge < -0.3 is 5.32 Å². The smallest absolute Gasteiger partial charge is 0.164 e. The number of anilines is 1. The van der Waals surface area contributed by atoms with Crippen molar-refractivity contribution in [2.45, 2.75) is 13.3 Å². The third kappa shape index (κ3) is 2.70. The van der Waals surface area contributed by atoms with Crippen molar-refractivity contribution in [1.29, 1.82) is 0 Å². The van der Waals surface area contributed by atoms with Gasteiger partial charge in [0.15, 0.2) is 5.78 Å². The van der Waals surface area contributed by atoms with E-state index < -0.39 is 0 Å². The molecule has 0 saturated heterocycles. The summed E-state index contributed by atoms with van der Waals surface area (Å²) < 4.78 is 0. The second-order valence-corrected chi connectivity index (χ2v) is 4.09. The second kappa shape index (κ2) is 4.49. The normalized spacial score (nSPS) is 15.5. The summed E-state index contributed by atoms with van der Waals surface area (Å²) in [5.74, 6) is 0.632. The summed E-state index contributed by atoms with van der Waals surface area (Å²) in [7, 11) is 0. The number of carbonyl (C=O) groups excluding carboxylic acids is 1. The molecule has 0 unspecified atom stereocenters. The molecule has 82 valence electrons. The molecular weight excluding hydrogens is 224 g/mol. The number of halogens is 1. The summed E-state index contributed by atoms with van der Waals surface area (Å²) in [4.78, 5) is 15.6. The molecule has 0 spiro atoms. The molecule has 0 amide bonds. The van der Waals surface area contributed by atoms with Crippen molar-refractivity contribution in [2.24, 2.45) is 4.99 Å². The van der Waals surface area contributed by atoms with Gasteiger partial charge in [0, 0.05) is 28.9 Å². The minimum absolute atomic E-state index is 0.0667.